The van der Waals surface area contributed by atoms with Crippen LogP contribution in [-0.2, 0) is 6.42 Å². The minimum Gasteiger partial charge on any atom is -0.316 e. The van der Waals surface area contributed by atoms with Crippen molar-refractivity contribution in [1.82, 2.24) is 5.32 Å². The predicted molar refractivity (Wildman–Crippen MR) is 53.7 cm³/mol. The lowest BCUT2D eigenvalue weighted by Crippen LogP contribution is -2.10. The highest BCUT2D eigenvalue weighted by Gasteiger charge is 2.15. The van der Waals surface area contributed by atoms with E-state index in [4.69, 9.17) is 0 Å². The van der Waals surface area contributed by atoms with Crippen LogP contribution in [0.15, 0.2) is 11.4 Å². The molecule has 0 saturated carbocycles. The Kier molecular flexibility index (Phi) is 2.47. The molecule has 2 heteroatoms. The van der Waals surface area contributed by atoms with E-state index in [-0.39, 0.29) is 0 Å². The van der Waals surface area contributed by atoms with Gasteiger partial charge in [0.25, 0.3) is 0 Å². The Hall–Kier alpha value is -0.340. The van der Waals surface area contributed by atoms with E-state index in [9.17, 15) is 0 Å². The SMILES string of the molecule is Cc1ccsc1C[C@@H]1CCNC1. The van der Waals surface area contributed by atoms with Crippen molar-refractivity contribution in [2.75, 3.05) is 13.1 Å². The quantitative estimate of drug-likeness (QED) is 0.737. The van der Waals surface area contributed by atoms with Gasteiger partial charge in [-0.2, -0.15) is 0 Å². The maximum atomic E-state index is 3.41. The summed E-state index contributed by atoms with van der Waals surface area (Å²) in [6.07, 6.45) is 2.65. The van der Waals surface area contributed by atoms with Crippen LogP contribution in [-0.4, -0.2) is 13.1 Å². The minimum atomic E-state index is 0.891. The van der Waals surface area contributed by atoms with Crippen LogP contribution < -0.4 is 5.32 Å². The van der Waals surface area contributed by atoms with E-state index in [1.807, 2.05) is 11.3 Å². The summed E-state index contributed by atoms with van der Waals surface area (Å²) >= 11 is 1.91. The number of thiophene rings is 1. The standard InChI is InChI=1S/C10H15NS/c1-8-3-5-12-10(8)6-9-2-4-11-7-9/h3,5,9,11H,2,4,6-7H2,1H3/t9-/m0/s1. The molecule has 12 heavy (non-hydrogen) atoms. The van der Waals surface area contributed by atoms with Crippen molar-refractivity contribution < 1.29 is 0 Å². The third-order valence-corrected chi connectivity index (χ3v) is 3.65. The van der Waals surface area contributed by atoms with Crippen molar-refractivity contribution >= 4 is 11.3 Å². The highest BCUT2D eigenvalue weighted by molar-refractivity contribution is 7.10. The van der Waals surface area contributed by atoms with Gasteiger partial charge >= 0.3 is 0 Å². The van der Waals surface area contributed by atoms with E-state index in [0.29, 0.717) is 0 Å². The molecule has 0 radical (unpaired) electrons. The van der Waals surface area contributed by atoms with Crippen LogP contribution in [0.5, 0.6) is 0 Å². The molecule has 2 rings (SSSR count). The van der Waals surface area contributed by atoms with E-state index >= 15 is 0 Å². The molecule has 66 valence electrons. The summed E-state index contributed by atoms with van der Waals surface area (Å²) in [5, 5.41) is 5.61. The molecule has 1 fully saturated rings. The lowest BCUT2D eigenvalue weighted by atomic mass is 10.0. The molecule has 1 aromatic heterocycles. The van der Waals surface area contributed by atoms with Crippen LogP contribution in [0, 0.1) is 12.8 Å². The second-order valence-electron chi connectivity index (χ2n) is 3.59. The summed E-state index contributed by atoms with van der Waals surface area (Å²) in [4.78, 5) is 1.59. The number of aryl methyl sites for hydroxylation is 1. The summed E-state index contributed by atoms with van der Waals surface area (Å²) in [6, 6.07) is 2.22. The molecule has 1 aliphatic rings. The Morgan fingerprint density at radius 3 is 3.17 bits per heavy atom. The molecule has 1 N–H and O–H groups in total. The normalized spacial score (nSPS) is 23.2. The molecule has 0 unspecified atom stereocenters. The van der Waals surface area contributed by atoms with Gasteiger partial charge < -0.3 is 5.32 Å². The van der Waals surface area contributed by atoms with E-state index < -0.39 is 0 Å². The highest BCUT2D eigenvalue weighted by atomic mass is 32.1. The lowest BCUT2D eigenvalue weighted by molar-refractivity contribution is 0.584. The summed E-state index contributed by atoms with van der Waals surface area (Å²) < 4.78 is 0. The van der Waals surface area contributed by atoms with Crippen molar-refractivity contribution in [1.29, 1.82) is 0 Å². The average Bonchev–Trinajstić information content (AvgIpc) is 2.65. The maximum Gasteiger partial charge on any atom is 0.00776 e. The zero-order valence-electron chi connectivity index (χ0n) is 7.47. The van der Waals surface area contributed by atoms with Crippen LogP contribution in [0.1, 0.15) is 16.9 Å². The Labute approximate surface area is 77.8 Å². The first-order chi connectivity index (χ1) is 5.86. The fraction of sp³-hybridized carbons (Fsp3) is 0.600. The zero-order valence-corrected chi connectivity index (χ0v) is 8.29. The second-order valence-corrected chi connectivity index (χ2v) is 4.59. The summed E-state index contributed by atoms with van der Waals surface area (Å²) in [7, 11) is 0. The van der Waals surface area contributed by atoms with Gasteiger partial charge in [0.05, 0.1) is 0 Å². The van der Waals surface area contributed by atoms with Crippen LogP contribution >= 0.6 is 11.3 Å². The largest absolute Gasteiger partial charge is 0.316 e. The monoisotopic (exact) mass is 181 g/mol. The molecule has 2 heterocycles. The number of hydrogen-bond acceptors (Lipinski definition) is 2. The Balaban J connectivity index is 1.98. The molecule has 0 bridgehead atoms. The van der Waals surface area contributed by atoms with Crippen molar-refractivity contribution in [3.8, 4) is 0 Å². The molecule has 0 aliphatic carbocycles. The molecule has 0 spiro atoms. The fourth-order valence-corrected chi connectivity index (χ4v) is 2.79. The molecule has 0 aromatic carbocycles. The van der Waals surface area contributed by atoms with Crippen LogP contribution in [0.2, 0.25) is 0 Å². The van der Waals surface area contributed by atoms with Gasteiger partial charge in [-0.25, -0.2) is 0 Å². The topological polar surface area (TPSA) is 12.0 Å². The zero-order chi connectivity index (χ0) is 8.39. The van der Waals surface area contributed by atoms with E-state index in [0.717, 1.165) is 5.92 Å². The third kappa shape index (κ3) is 1.70. The number of nitrogens with one attached hydrogen (secondary N) is 1. The van der Waals surface area contributed by atoms with Crippen molar-refractivity contribution in [3.05, 3.63) is 21.9 Å². The first-order valence-electron chi connectivity index (χ1n) is 4.60. The highest BCUT2D eigenvalue weighted by Crippen LogP contribution is 2.22. The predicted octanol–water partition coefficient (Wildman–Crippen LogP) is 2.21. The molecule has 1 atom stereocenters. The van der Waals surface area contributed by atoms with E-state index in [1.165, 1.54) is 31.5 Å². The first-order valence-corrected chi connectivity index (χ1v) is 5.48. The molecule has 1 saturated heterocycles. The van der Waals surface area contributed by atoms with Gasteiger partial charge in [-0.3, -0.25) is 0 Å². The third-order valence-electron chi connectivity index (χ3n) is 2.60. The van der Waals surface area contributed by atoms with Crippen molar-refractivity contribution in [2.45, 2.75) is 19.8 Å². The smallest absolute Gasteiger partial charge is 0.00776 e. The Bertz CT molecular complexity index is 248. The lowest BCUT2D eigenvalue weighted by Gasteiger charge is -2.06. The maximum absolute atomic E-state index is 3.41. The minimum absolute atomic E-state index is 0.891. The summed E-state index contributed by atoms with van der Waals surface area (Å²) in [5.74, 6) is 0.891. The molecule has 1 aromatic rings. The van der Waals surface area contributed by atoms with Crippen LogP contribution in [0.3, 0.4) is 0 Å². The van der Waals surface area contributed by atoms with Crippen molar-refractivity contribution in [3.63, 3.8) is 0 Å². The molecule has 0 amide bonds. The number of hydrogen-bond donors (Lipinski definition) is 1. The molecular weight excluding hydrogens is 166 g/mol. The van der Waals surface area contributed by atoms with Gasteiger partial charge in [0.2, 0.25) is 0 Å². The molecular formula is C10H15NS. The van der Waals surface area contributed by atoms with E-state index in [1.54, 1.807) is 4.88 Å². The molecule has 1 aliphatic heterocycles. The molecule has 1 nitrogen and oxygen atoms in total. The first kappa shape index (κ1) is 8.27. The Morgan fingerprint density at radius 2 is 2.58 bits per heavy atom. The summed E-state index contributed by atoms with van der Waals surface area (Å²) in [6.45, 7) is 4.65. The van der Waals surface area contributed by atoms with Crippen LogP contribution in [0.25, 0.3) is 0 Å². The van der Waals surface area contributed by atoms with Gasteiger partial charge in [-0.05, 0) is 55.8 Å². The van der Waals surface area contributed by atoms with Gasteiger partial charge in [0, 0.05) is 4.88 Å². The fourth-order valence-electron chi connectivity index (χ4n) is 1.76. The van der Waals surface area contributed by atoms with Crippen molar-refractivity contribution in [2.24, 2.45) is 5.92 Å². The Morgan fingerprint density at radius 1 is 1.67 bits per heavy atom. The average molecular weight is 181 g/mol. The van der Waals surface area contributed by atoms with Gasteiger partial charge in [-0.1, -0.05) is 0 Å². The van der Waals surface area contributed by atoms with Gasteiger partial charge in [0.1, 0.15) is 0 Å². The van der Waals surface area contributed by atoms with E-state index in [2.05, 4.69) is 23.7 Å². The summed E-state index contributed by atoms with van der Waals surface area (Å²) in [5.41, 5.74) is 1.48. The van der Waals surface area contributed by atoms with Crippen LogP contribution in [0.4, 0.5) is 0 Å². The van der Waals surface area contributed by atoms with Gasteiger partial charge in [-0.15, -0.1) is 11.3 Å². The number of rotatable bonds is 2. The van der Waals surface area contributed by atoms with Gasteiger partial charge in [0.15, 0.2) is 0 Å². The second kappa shape index (κ2) is 3.58.